The molecule has 1 aromatic heterocycles. The first kappa shape index (κ1) is 18.6. The van der Waals surface area contributed by atoms with Crippen molar-refractivity contribution in [2.24, 2.45) is 0 Å². The summed E-state index contributed by atoms with van der Waals surface area (Å²) in [6.45, 7) is 7.30. The lowest BCUT2D eigenvalue weighted by Crippen LogP contribution is -2.27. The molecule has 0 atom stereocenters. The van der Waals surface area contributed by atoms with Crippen molar-refractivity contribution in [2.45, 2.75) is 31.3 Å². The Morgan fingerprint density at radius 3 is 2.79 bits per heavy atom. The number of allylic oxidation sites excluding steroid dienone is 2. The van der Waals surface area contributed by atoms with Crippen LogP contribution < -0.4 is 10.6 Å². The first-order chi connectivity index (χ1) is 13.4. The standard InChI is InChI=1S/C21H23N5OS/c1-4-26-16-10-9-13-7-5-6-8-15(13)18(16)21(2,3)17(26)11-14(27)12-28-20-23-19(22)24-25-20/h5-11H,4,12H2,1-3H3,(H3,22,23,24,25). The molecule has 0 radical (unpaired) electrons. The van der Waals surface area contributed by atoms with Crippen molar-refractivity contribution in [3.63, 3.8) is 0 Å². The predicted molar refractivity (Wildman–Crippen MR) is 115 cm³/mol. The molecule has 2 aromatic carbocycles. The number of rotatable bonds is 5. The number of fused-ring (bicyclic) bond motifs is 3. The van der Waals surface area contributed by atoms with E-state index in [1.165, 1.54) is 33.8 Å². The largest absolute Gasteiger partial charge is 0.368 e. The number of nitrogens with two attached hydrogens (primary N) is 1. The summed E-state index contributed by atoms with van der Waals surface area (Å²) < 4.78 is 0. The van der Waals surface area contributed by atoms with Crippen LogP contribution in [0.5, 0.6) is 0 Å². The zero-order valence-electron chi connectivity index (χ0n) is 16.2. The minimum atomic E-state index is -0.262. The summed E-state index contributed by atoms with van der Waals surface area (Å²) in [7, 11) is 0. The highest BCUT2D eigenvalue weighted by Crippen LogP contribution is 2.50. The van der Waals surface area contributed by atoms with Gasteiger partial charge in [0.25, 0.3) is 0 Å². The third-order valence-corrected chi connectivity index (χ3v) is 6.06. The molecule has 0 unspecified atom stereocenters. The Morgan fingerprint density at radius 1 is 1.29 bits per heavy atom. The Balaban J connectivity index is 1.69. The third-order valence-electron chi connectivity index (χ3n) is 5.19. The van der Waals surface area contributed by atoms with E-state index < -0.39 is 0 Å². The molecule has 1 aliphatic rings. The van der Waals surface area contributed by atoms with Crippen molar-refractivity contribution < 1.29 is 4.79 Å². The van der Waals surface area contributed by atoms with E-state index in [1.807, 2.05) is 0 Å². The maximum Gasteiger partial charge on any atom is 0.216 e. The summed E-state index contributed by atoms with van der Waals surface area (Å²) in [6, 6.07) is 12.7. The Bertz CT molecular complexity index is 1090. The molecule has 144 valence electrons. The van der Waals surface area contributed by atoms with Gasteiger partial charge in [0.1, 0.15) is 0 Å². The van der Waals surface area contributed by atoms with Crippen LogP contribution >= 0.6 is 11.8 Å². The number of hydrogen-bond acceptors (Lipinski definition) is 6. The van der Waals surface area contributed by atoms with Gasteiger partial charge < -0.3 is 10.6 Å². The van der Waals surface area contributed by atoms with Gasteiger partial charge in [0.15, 0.2) is 5.78 Å². The maximum absolute atomic E-state index is 12.7. The number of aromatic amines is 1. The number of H-pyrrole nitrogens is 1. The van der Waals surface area contributed by atoms with Crippen LogP contribution in [0.2, 0.25) is 0 Å². The first-order valence-corrected chi connectivity index (χ1v) is 10.3. The molecular formula is C21H23N5OS. The van der Waals surface area contributed by atoms with Gasteiger partial charge in [0.05, 0.1) is 5.75 Å². The topological polar surface area (TPSA) is 87.9 Å². The summed E-state index contributed by atoms with van der Waals surface area (Å²) >= 11 is 1.28. The van der Waals surface area contributed by atoms with E-state index in [0.29, 0.717) is 5.16 Å². The third kappa shape index (κ3) is 3.05. The molecule has 0 saturated heterocycles. The molecule has 6 nitrogen and oxygen atoms in total. The molecule has 3 N–H and O–H groups in total. The van der Waals surface area contributed by atoms with Crippen LogP contribution in [-0.4, -0.2) is 33.3 Å². The van der Waals surface area contributed by atoms with E-state index in [9.17, 15) is 4.79 Å². The molecule has 0 fully saturated rings. The molecule has 7 heteroatoms. The lowest BCUT2D eigenvalue weighted by molar-refractivity contribution is -0.112. The molecule has 2 heterocycles. The Labute approximate surface area is 168 Å². The Kier molecular flexibility index (Phi) is 4.63. The fourth-order valence-corrected chi connectivity index (χ4v) is 4.62. The highest BCUT2D eigenvalue weighted by atomic mass is 32.2. The maximum atomic E-state index is 12.7. The monoisotopic (exact) mass is 393 g/mol. The van der Waals surface area contributed by atoms with E-state index in [-0.39, 0.29) is 22.9 Å². The van der Waals surface area contributed by atoms with Crippen molar-refractivity contribution in [3.8, 4) is 0 Å². The number of nitrogens with one attached hydrogen (secondary N) is 1. The Hall–Kier alpha value is -2.80. The van der Waals surface area contributed by atoms with Crippen molar-refractivity contribution in [2.75, 3.05) is 22.9 Å². The minimum Gasteiger partial charge on any atom is -0.368 e. The molecule has 4 rings (SSSR count). The number of nitrogens with zero attached hydrogens (tertiary/aromatic N) is 3. The number of benzene rings is 2. The number of carbonyl (C=O) groups is 1. The summed E-state index contributed by atoms with van der Waals surface area (Å²) in [4.78, 5) is 19.0. The number of carbonyl (C=O) groups excluding carboxylic acids is 1. The number of likely N-dealkylation sites (N-methyl/N-ethyl adjacent to an activating group) is 1. The molecule has 0 amide bonds. The number of thioether (sulfide) groups is 1. The molecule has 1 aliphatic heterocycles. The van der Waals surface area contributed by atoms with E-state index in [1.54, 1.807) is 6.08 Å². The van der Waals surface area contributed by atoms with E-state index in [2.05, 4.69) is 77.3 Å². The van der Waals surface area contributed by atoms with Crippen molar-refractivity contribution in [3.05, 3.63) is 53.7 Å². The summed E-state index contributed by atoms with van der Waals surface area (Å²) in [5, 5.41) is 9.49. The zero-order chi connectivity index (χ0) is 19.9. The first-order valence-electron chi connectivity index (χ1n) is 9.27. The quantitative estimate of drug-likeness (QED) is 0.505. The van der Waals surface area contributed by atoms with Gasteiger partial charge in [-0.15, -0.1) is 5.10 Å². The zero-order valence-corrected chi connectivity index (χ0v) is 17.0. The number of ketones is 1. The molecule has 28 heavy (non-hydrogen) atoms. The summed E-state index contributed by atoms with van der Waals surface area (Å²) in [5.74, 6) is 0.558. The lowest BCUT2D eigenvalue weighted by Gasteiger charge is -2.26. The SMILES string of the molecule is CCN1C(=CC(=O)CSc2n[nH]c(N)n2)C(C)(C)c2c1ccc1ccccc21. The van der Waals surface area contributed by atoms with Gasteiger partial charge in [0, 0.05) is 29.4 Å². The number of hydrogen-bond donors (Lipinski definition) is 2. The van der Waals surface area contributed by atoms with Crippen LogP contribution in [0.3, 0.4) is 0 Å². The Morgan fingerprint density at radius 2 is 2.07 bits per heavy atom. The van der Waals surface area contributed by atoms with E-state index >= 15 is 0 Å². The average Bonchev–Trinajstić information content (AvgIpc) is 3.19. The van der Waals surface area contributed by atoms with Gasteiger partial charge in [-0.3, -0.25) is 4.79 Å². The van der Waals surface area contributed by atoms with Gasteiger partial charge in [-0.2, -0.15) is 4.98 Å². The number of aromatic nitrogens is 3. The molecular weight excluding hydrogens is 370 g/mol. The lowest BCUT2D eigenvalue weighted by atomic mass is 9.81. The van der Waals surface area contributed by atoms with Crippen LogP contribution in [0, 0.1) is 0 Å². The molecule has 0 saturated carbocycles. The van der Waals surface area contributed by atoms with Crippen LogP contribution in [0.25, 0.3) is 10.8 Å². The molecule has 0 aliphatic carbocycles. The van der Waals surface area contributed by atoms with Gasteiger partial charge in [-0.25, -0.2) is 5.10 Å². The van der Waals surface area contributed by atoms with Gasteiger partial charge in [-0.1, -0.05) is 55.9 Å². The normalized spacial score (nSPS) is 16.7. The minimum absolute atomic E-state index is 0.0343. The summed E-state index contributed by atoms with van der Waals surface area (Å²) in [6.07, 6.45) is 1.78. The average molecular weight is 394 g/mol. The highest BCUT2D eigenvalue weighted by molar-refractivity contribution is 7.99. The van der Waals surface area contributed by atoms with Gasteiger partial charge in [0.2, 0.25) is 11.1 Å². The smallest absolute Gasteiger partial charge is 0.216 e. The summed E-state index contributed by atoms with van der Waals surface area (Å²) in [5.41, 5.74) is 8.76. The predicted octanol–water partition coefficient (Wildman–Crippen LogP) is 3.90. The van der Waals surface area contributed by atoms with Crippen LogP contribution in [0.15, 0.2) is 53.3 Å². The van der Waals surface area contributed by atoms with Crippen molar-refractivity contribution in [1.82, 2.24) is 15.2 Å². The molecule has 3 aromatic rings. The van der Waals surface area contributed by atoms with Crippen LogP contribution in [0.4, 0.5) is 11.6 Å². The highest BCUT2D eigenvalue weighted by Gasteiger charge is 2.41. The second-order valence-electron chi connectivity index (χ2n) is 7.34. The fraction of sp³-hybridized carbons (Fsp3) is 0.286. The fourth-order valence-electron chi connectivity index (χ4n) is 3.99. The van der Waals surface area contributed by atoms with Gasteiger partial charge in [-0.05, 0) is 29.3 Å². The van der Waals surface area contributed by atoms with E-state index in [4.69, 9.17) is 5.73 Å². The number of nitrogen functional groups attached to an aromatic ring is 1. The van der Waals surface area contributed by atoms with E-state index in [0.717, 1.165) is 12.2 Å². The van der Waals surface area contributed by atoms with Crippen molar-refractivity contribution >= 4 is 40.0 Å². The second kappa shape index (κ2) is 6.98. The number of anilines is 2. The molecule has 0 spiro atoms. The second-order valence-corrected chi connectivity index (χ2v) is 8.28. The van der Waals surface area contributed by atoms with Gasteiger partial charge >= 0.3 is 0 Å². The van der Waals surface area contributed by atoms with Crippen LogP contribution in [-0.2, 0) is 10.2 Å². The van der Waals surface area contributed by atoms with Crippen molar-refractivity contribution in [1.29, 1.82) is 0 Å². The molecule has 0 bridgehead atoms. The van der Waals surface area contributed by atoms with Crippen LogP contribution in [0.1, 0.15) is 26.3 Å².